The molecule has 0 saturated heterocycles. The third-order valence-corrected chi connectivity index (χ3v) is 1.84. The van der Waals surface area contributed by atoms with Crippen molar-refractivity contribution in [1.82, 2.24) is 0 Å². The van der Waals surface area contributed by atoms with Crippen LogP contribution in [0.25, 0.3) is 4.85 Å². The second-order valence-corrected chi connectivity index (χ2v) is 2.69. The molecule has 1 aromatic carbocycles. The van der Waals surface area contributed by atoms with Gasteiger partial charge in [0.2, 0.25) is 6.04 Å². The summed E-state index contributed by atoms with van der Waals surface area (Å²) in [6.07, 6.45) is 0. The van der Waals surface area contributed by atoms with Crippen molar-refractivity contribution >= 4 is 0 Å². The number of ether oxygens (including phenoxy) is 1. The lowest BCUT2D eigenvalue weighted by atomic mass is 10.1. The van der Waals surface area contributed by atoms with Crippen molar-refractivity contribution in [2.75, 3.05) is 7.11 Å². The van der Waals surface area contributed by atoms with Gasteiger partial charge in [-0.1, -0.05) is 0 Å². The van der Waals surface area contributed by atoms with Crippen molar-refractivity contribution < 1.29 is 9.13 Å². The maximum absolute atomic E-state index is 12.7. The third-order valence-electron chi connectivity index (χ3n) is 1.84. The van der Waals surface area contributed by atoms with Crippen molar-refractivity contribution in [1.29, 1.82) is 0 Å². The van der Waals surface area contributed by atoms with Gasteiger partial charge in [0.25, 0.3) is 0 Å². The monoisotopic (exact) mass is 179 g/mol. The highest BCUT2D eigenvalue weighted by Crippen LogP contribution is 2.27. The molecule has 1 unspecified atom stereocenters. The number of benzene rings is 1. The van der Waals surface area contributed by atoms with E-state index in [4.69, 9.17) is 11.3 Å². The van der Waals surface area contributed by atoms with Crippen LogP contribution in [0.1, 0.15) is 18.5 Å². The number of halogens is 1. The van der Waals surface area contributed by atoms with Crippen LogP contribution in [0.3, 0.4) is 0 Å². The molecule has 0 aliphatic heterocycles. The van der Waals surface area contributed by atoms with Crippen LogP contribution < -0.4 is 4.74 Å². The summed E-state index contributed by atoms with van der Waals surface area (Å²) in [5, 5.41) is 0. The van der Waals surface area contributed by atoms with Gasteiger partial charge in [-0.3, -0.25) is 0 Å². The van der Waals surface area contributed by atoms with Gasteiger partial charge >= 0.3 is 0 Å². The Balaban J connectivity index is 3.15. The molecule has 0 aliphatic carbocycles. The summed E-state index contributed by atoms with van der Waals surface area (Å²) in [5.41, 5.74) is 0.721. The Morgan fingerprint density at radius 1 is 1.54 bits per heavy atom. The maximum atomic E-state index is 12.7. The summed E-state index contributed by atoms with van der Waals surface area (Å²) in [7, 11) is 1.47. The molecular formula is C10H10FNO. The van der Waals surface area contributed by atoms with E-state index in [0.29, 0.717) is 5.75 Å². The molecule has 68 valence electrons. The van der Waals surface area contributed by atoms with Gasteiger partial charge in [-0.15, -0.1) is 0 Å². The van der Waals surface area contributed by atoms with E-state index in [-0.39, 0.29) is 11.9 Å². The highest BCUT2D eigenvalue weighted by Gasteiger charge is 2.14. The van der Waals surface area contributed by atoms with Crippen LogP contribution in [0, 0.1) is 12.4 Å². The normalized spacial score (nSPS) is 11.8. The number of rotatable bonds is 2. The van der Waals surface area contributed by atoms with E-state index in [9.17, 15) is 4.39 Å². The molecule has 0 radical (unpaired) electrons. The molecular weight excluding hydrogens is 169 g/mol. The molecule has 0 amide bonds. The average molecular weight is 179 g/mol. The van der Waals surface area contributed by atoms with Crippen molar-refractivity contribution in [2.45, 2.75) is 13.0 Å². The Kier molecular flexibility index (Phi) is 2.86. The lowest BCUT2D eigenvalue weighted by molar-refractivity contribution is 0.405. The van der Waals surface area contributed by atoms with Crippen LogP contribution in [0.5, 0.6) is 5.75 Å². The second kappa shape index (κ2) is 3.90. The predicted octanol–water partition coefficient (Wildman–Crippen LogP) is 2.81. The fourth-order valence-electron chi connectivity index (χ4n) is 1.10. The van der Waals surface area contributed by atoms with Crippen LogP contribution in [-0.2, 0) is 0 Å². The lowest BCUT2D eigenvalue weighted by Crippen LogP contribution is -1.94. The summed E-state index contributed by atoms with van der Waals surface area (Å²) in [5.74, 6) is 0.0845. The van der Waals surface area contributed by atoms with E-state index in [0.717, 1.165) is 5.56 Å². The molecule has 3 heteroatoms. The largest absolute Gasteiger partial charge is 0.496 e. The first-order valence-corrected chi connectivity index (χ1v) is 3.89. The molecule has 0 aromatic heterocycles. The van der Waals surface area contributed by atoms with Gasteiger partial charge in [0.05, 0.1) is 12.7 Å². The number of nitrogens with zero attached hydrogens (tertiary/aromatic N) is 1. The molecule has 1 aromatic rings. The van der Waals surface area contributed by atoms with Gasteiger partial charge < -0.3 is 9.58 Å². The van der Waals surface area contributed by atoms with Crippen molar-refractivity contribution in [3.8, 4) is 5.75 Å². The Morgan fingerprint density at radius 3 is 2.77 bits per heavy atom. The van der Waals surface area contributed by atoms with Gasteiger partial charge in [0, 0.05) is 13.0 Å². The standard InChI is InChI=1S/C10H10FNO/c1-7(12-2)9-5-4-8(11)6-10(9)13-3/h4-7H,1,3H3. The van der Waals surface area contributed by atoms with E-state index in [1.165, 1.54) is 19.2 Å². The number of hydrogen-bond acceptors (Lipinski definition) is 1. The molecule has 0 fully saturated rings. The number of methoxy groups -OCH3 is 1. The first kappa shape index (κ1) is 9.53. The molecule has 1 atom stereocenters. The smallest absolute Gasteiger partial charge is 0.249 e. The molecule has 0 saturated carbocycles. The molecule has 13 heavy (non-hydrogen) atoms. The van der Waals surface area contributed by atoms with Crippen molar-refractivity contribution in [2.24, 2.45) is 0 Å². The third kappa shape index (κ3) is 1.97. The van der Waals surface area contributed by atoms with Gasteiger partial charge in [-0.25, -0.2) is 11.0 Å². The van der Waals surface area contributed by atoms with Crippen molar-refractivity contribution in [3.05, 3.63) is 41.0 Å². The van der Waals surface area contributed by atoms with Crippen LogP contribution in [0.4, 0.5) is 4.39 Å². The van der Waals surface area contributed by atoms with Crippen molar-refractivity contribution in [3.63, 3.8) is 0 Å². The van der Waals surface area contributed by atoms with Gasteiger partial charge in [-0.05, 0) is 12.1 Å². The first-order chi connectivity index (χ1) is 6.19. The van der Waals surface area contributed by atoms with E-state index in [1.807, 2.05) is 0 Å². The summed E-state index contributed by atoms with van der Waals surface area (Å²) < 4.78 is 17.7. The highest BCUT2D eigenvalue weighted by molar-refractivity contribution is 5.37. The minimum atomic E-state index is -0.349. The van der Waals surface area contributed by atoms with Gasteiger partial charge in [-0.2, -0.15) is 0 Å². The Labute approximate surface area is 76.8 Å². The Bertz CT molecular complexity index is 343. The number of hydrogen-bond donors (Lipinski definition) is 0. The molecule has 2 nitrogen and oxygen atoms in total. The summed E-state index contributed by atoms with van der Waals surface area (Å²) in [4.78, 5) is 3.34. The van der Waals surface area contributed by atoms with E-state index in [1.54, 1.807) is 13.0 Å². The van der Waals surface area contributed by atoms with Gasteiger partial charge in [0.15, 0.2) is 0 Å². The Morgan fingerprint density at radius 2 is 2.23 bits per heavy atom. The molecule has 0 bridgehead atoms. The summed E-state index contributed by atoms with van der Waals surface area (Å²) in [6.45, 7) is 8.60. The molecule has 1 rings (SSSR count). The summed E-state index contributed by atoms with van der Waals surface area (Å²) in [6, 6.07) is 3.91. The minimum Gasteiger partial charge on any atom is -0.496 e. The SMILES string of the molecule is [C-]#[N+]C(C)c1ccc(F)cc1OC. The highest BCUT2D eigenvalue weighted by atomic mass is 19.1. The quantitative estimate of drug-likeness (QED) is 0.636. The zero-order valence-electron chi connectivity index (χ0n) is 7.54. The zero-order valence-corrected chi connectivity index (χ0v) is 7.54. The van der Waals surface area contributed by atoms with Crippen LogP contribution in [0.2, 0.25) is 0 Å². The molecule has 0 aliphatic rings. The first-order valence-electron chi connectivity index (χ1n) is 3.89. The summed E-state index contributed by atoms with van der Waals surface area (Å²) >= 11 is 0. The van der Waals surface area contributed by atoms with Gasteiger partial charge in [0.1, 0.15) is 11.6 Å². The maximum Gasteiger partial charge on any atom is 0.249 e. The van der Waals surface area contributed by atoms with E-state index in [2.05, 4.69) is 4.85 Å². The lowest BCUT2D eigenvalue weighted by Gasteiger charge is -2.06. The topological polar surface area (TPSA) is 13.6 Å². The van der Waals surface area contributed by atoms with E-state index >= 15 is 0 Å². The minimum absolute atomic E-state index is 0.296. The molecule has 0 heterocycles. The zero-order chi connectivity index (χ0) is 9.84. The fraction of sp³-hybridized carbons (Fsp3) is 0.300. The Hall–Kier alpha value is -1.56. The molecule has 0 spiro atoms. The fourth-order valence-corrected chi connectivity index (χ4v) is 1.10. The van der Waals surface area contributed by atoms with Crippen LogP contribution >= 0.6 is 0 Å². The second-order valence-electron chi connectivity index (χ2n) is 2.69. The molecule has 0 N–H and O–H groups in total. The van der Waals surface area contributed by atoms with Crippen LogP contribution in [0.15, 0.2) is 18.2 Å². The van der Waals surface area contributed by atoms with E-state index < -0.39 is 0 Å². The predicted molar refractivity (Wildman–Crippen MR) is 48.0 cm³/mol. The van der Waals surface area contributed by atoms with Crippen LogP contribution in [-0.4, -0.2) is 7.11 Å². The average Bonchev–Trinajstić information content (AvgIpc) is 2.16.